The molecule has 0 aliphatic carbocycles. The zero-order valence-electron chi connectivity index (χ0n) is 13.0. The Kier molecular flexibility index (Phi) is 5.44. The van der Waals surface area contributed by atoms with Crippen molar-refractivity contribution in [3.63, 3.8) is 0 Å². The molecule has 124 valence electrons. The fourth-order valence-corrected chi connectivity index (χ4v) is 3.10. The highest BCUT2D eigenvalue weighted by Gasteiger charge is 2.18. The van der Waals surface area contributed by atoms with Crippen LogP contribution in [0.15, 0.2) is 54.6 Å². The van der Waals surface area contributed by atoms with Crippen LogP contribution in [-0.2, 0) is 4.79 Å². The number of ether oxygens (including phenoxy) is 1. The summed E-state index contributed by atoms with van der Waals surface area (Å²) in [4.78, 5) is 14.1. The second kappa shape index (κ2) is 7.73. The maximum Gasteiger partial charge on any atom is 0.260 e. The second-order valence-corrected chi connectivity index (χ2v) is 6.39. The maximum absolute atomic E-state index is 12.3. The lowest BCUT2D eigenvalue weighted by Crippen LogP contribution is -2.37. The summed E-state index contributed by atoms with van der Waals surface area (Å²) in [5.41, 5.74) is 2.50. The van der Waals surface area contributed by atoms with Crippen LogP contribution in [0.5, 0.6) is 5.75 Å². The van der Waals surface area contributed by atoms with Crippen molar-refractivity contribution in [3.8, 4) is 5.75 Å². The maximum atomic E-state index is 12.3. The van der Waals surface area contributed by atoms with Gasteiger partial charge in [-0.05, 0) is 35.8 Å². The third-order valence-electron chi connectivity index (χ3n) is 3.95. The van der Waals surface area contributed by atoms with Crippen molar-refractivity contribution in [2.75, 3.05) is 19.7 Å². The minimum atomic E-state index is -0.0515. The van der Waals surface area contributed by atoms with Crippen LogP contribution in [0.1, 0.15) is 12.0 Å². The summed E-state index contributed by atoms with van der Waals surface area (Å²) in [6.45, 7) is 1.26. The normalized spacial score (nSPS) is 14.2. The molecule has 0 saturated heterocycles. The summed E-state index contributed by atoms with van der Waals surface area (Å²) >= 11 is 11.9. The number of amides is 1. The molecule has 2 aromatic carbocycles. The van der Waals surface area contributed by atoms with Gasteiger partial charge in [0.2, 0.25) is 0 Å². The van der Waals surface area contributed by atoms with Crippen LogP contribution in [0.4, 0.5) is 0 Å². The average Bonchev–Trinajstić information content (AvgIpc) is 2.62. The molecule has 0 radical (unpaired) electrons. The molecule has 2 aromatic rings. The molecule has 0 aromatic heterocycles. The predicted molar refractivity (Wildman–Crippen MR) is 97.6 cm³/mol. The van der Waals surface area contributed by atoms with Gasteiger partial charge < -0.3 is 9.64 Å². The molecule has 0 N–H and O–H groups in total. The molecule has 0 unspecified atom stereocenters. The molecular formula is C19H17Cl2NO2. The topological polar surface area (TPSA) is 29.5 Å². The van der Waals surface area contributed by atoms with Crippen LogP contribution < -0.4 is 4.74 Å². The van der Waals surface area contributed by atoms with Gasteiger partial charge in [0.05, 0.1) is 5.02 Å². The van der Waals surface area contributed by atoms with E-state index < -0.39 is 0 Å². The first-order valence-corrected chi connectivity index (χ1v) is 8.49. The van der Waals surface area contributed by atoms with E-state index in [1.54, 1.807) is 23.1 Å². The minimum Gasteiger partial charge on any atom is -0.482 e. The van der Waals surface area contributed by atoms with Gasteiger partial charge in [0.15, 0.2) is 6.61 Å². The Bertz CT molecular complexity index is 759. The number of rotatable bonds is 4. The Hall–Kier alpha value is -1.97. The van der Waals surface area contributed by atoms with Crippen molar-refractivity contribution < 1.29 is 9.53 Å². The molecule has 1 aliphatic rings. The van der Waals surface area contributed by atoms with Crippen LogP contribution >= 0.6 is 23.2 Å². The number of carbonyl (C=O) groups is 1. The molecule has 3 rings (SSSR count). The van der Waals surface area contributed by atoms with Crippen molar-refractivity contribution in [1.82, 2.24) is 4.90 Å². The van der Waals surface area contributed by atoms with Crippen molar-refractivity contribution in [3.05, 3.63) is 70.2 Å². The monoisotopic (exact) mass is 361 g/mol. The van der Waals surface area contributed by atoms with Crippen LogP contribution in [0.2, 0.25) is 10.0 Å². The highest BCUT2D eigenvalue weighted by Crippen LogP contribution is 2.27. The first-order valence-electron chi connectivity index (χ1n) is 7.73. The fourth-order valence-electron chi connectivity index (χ4n) is 2.63. The Morgan fingerprint density at radius 2 is 1.92 bits per heavy atom. The van der Waals surface area contributed by atoms with Gasteiger partial charge in [-0.1, -0.05) is 59.6 Å². The molecule has 3 nitrogen and oxygen atoms in total. The summed E-state index contributed by atoms with van der Waals surface area (Å²) in [7, 11) is 0. The molecule has 5 heteroatoms. The van der Waals surface area contributed by atoms with Crippen molar-refractivity contribution in [1.29, 1.82) is 0 Å². The summed E-state index contributed by atoms with van der Waals surface area (Å²) in [5, 5.41) is 0.938. The van der Waals surface area contributed by atoms with E-state index in [0.717, 1.165) is 6.42 Å². The third kappa shape index (κ3) is 4.11. The van der Waals surface area contributed by atoms with Gasteiger partial charge in [-0.15, -0.1) is 0 Å². The highest BCUT2D eigenvalue weighted by molar-refractivity contribution is 6.35. The van der Waals surface area contributed by atoms with E-state index in [1.807, 2.05) is 18.2 Å². The lowest BCUT2D eigenvalue weighted by Gasteiger charge is -2.26. The molecule has 1 amide bonds. The molecule has 0 saturated carbocycles. The smallest absolute Gasteiger partial charge is 0.260 e. The number of benzene rings is 2. The zero-order chi connectivity index (χ0) is 16.9. The van der Waals surface area contributed by atoms with Crippen molar-refractivity contribution in [2.45, 2.75) is 6.42 Å². The summed E-state index contributed by atoms with van der Waals surface area (Å²) in [6, 6.07) is 15.2. The van der Waals surface area contributed by atoms with Crippen molar-refractivity contribution in [2.24, 2.45) is 0 Å². The van der Waals surface area contributed by atoms with E-state index in [9.17, 15) is 4.79 Å². The minimum absolute atomic E-state index is 0.0319. The van der Waals surface area contributed by atoms with Gasteiger partial charge in [0, 0.05) is 18.1 Å². The van der Waals surface area contributed by atoms with Gasteiger partial charge in [-0.2, -0.15) is 0 Å². The van der Waals surface area contributed by atoms with Crippen LogP contribution in [0.25, 0.3) is 5.57 Å². The molecular weight excluding hydrogens is 345 g/mol. The van der Waals surface area contributed by atoms with Crippen LogP contribution in [-0.4, -0.2) is 30.5 Å². The van der Waals surface area contributed by atoms with Gasteiger partial charge in [0.25, 0.3) is 5.91 Å². The van der Waals surface area contributed by atoms with Gasteiger partial charge in [-0.25, -0.2) is 0 Å². The SMILES string of the molecule is O=C(COc1ccc(Cl)cc1Cl)N1CC=C(c2ccccc2)CC1. The molecule has 1 aliphatic heterocycles. The lowest BCUT2D eigenvalue weighted by molar-refractivity contribution is -0.132. The Labute approximate surface area is 151 Å². The molecule has 24 heavy (non-hydrogen) atoms. The van der Waals surface area contributed by atoms with E-state index in [-0.39, 0.29) is 12.5 Å². The van der Waals surface area contributed by atoms with Gasteiger partial charge in [0.1, 0.15) is 5.75 Å². The summed E-state index contributed by atoms with van der Waals surface area (Å²) < 4.78 is 5.52. The van der Waals surface area contributed by atoms with Crippen LogP contribution in [0, 0.1) is 0 Å². The first-order chi connectivity index (χ1) is 11.6. The number of hydrogen-bond acceptors (Lipinski definition) is 2. The number of halogens is 2. The quantitative estimate of drug-likeness (QED) is 0.790. The van der Waals surface area contributed by atoms with E-state index in [1.165, 1.54) is 11.1 Å². The predicted octanol–water partition coefficient (Wildman–Crippen LogP) is 4.69. The number of carbonyl (C=O) groups excluding carboxylic acids is 1. The Morgan fingerprint density at radius 1 is 1.12 bits per heavy atom. The summed E-state index contributed by atoms with van der Waals surface area (Å²) in [6.07, 6.45) is 2.95. The molecule has 0 spiro atoms. The molecule has 1 heterocycles. The van der Waals surface area contributed by atoms with E-state index in [0.29, 0.717) is 28.9 Å². The lowest BCUT2D eigenvalue weighted by atomic mass is 10.00. The molecule has 0 fully saturated rings. The highest BCUT2D eigenvalue weighted by atomic mass is 35.5. The summed E-state index contributed by atoms with van der Waals surface area (Å²) in [5.74, 6) is 0.413. The Morgan fingerprint density at radius 3 is 2.58 bits per heavy atom. The number of nitrogens with zero attached hydrogens (tertiary/aromatic N) is 1. The van der Waals surface area contributed by atoms with E-state index in [4.69, 9.17) is 27.9 Å². The molecule has 0 bridgehead atoms. The zero-order valence-corrected chi connectivity index (χ0v) is 14.6. The van der Waals surface area contributed by atoms with E-state index >= 15 is 0 Å². The molecule has 0 atom stereocenters. The van der Waals surface area contributed by atoms with Gasteiger partial charge in [-0.3, -0.25) is 4.79 Å². The Balaban J connectivity index is 1.56. The van der Waals surface area contributed by atoms with Crippen molar-refractivity contribution >= 4 is 34.7 Å². The van der Waals surface area contributed by atoms with E-state index in [2.05, 4.69) is 18.2 Å². The number of hydrogen-bond donors (Lipinski definition) is 0. The third-order valence-corrected chi connectivity index (χ3v) is 4.48. The standard InChI is InChI=1S/C19H17Cl2NO2/c20-16-6-7-18(17(21)12-16)24-13-19(23)22-10-8-15(9-11-22)14-4-2-1-3-5-14/h1-8,12H,9-11,13H2. The second-order valence-electron chi connectivity index (χ2n) is 5.55. The van der Waals surface area contributed by atoms with Gasteiger partial charge >= 0.3 is 0 Å². The van der Waals surface area contributed by atoms with Crippen LogP contribution in [0.3, 0.4) is 0 Å². The fraction of sp³-hybridized carbons (Fsp3) is 0.211. The average molecular weight is 362 g/mol. The first kappa shape index (κ1) is 16.9. The largest absolute Gasteiger partial charge is 0.482 e.